The smallest absolute Gasteiger partial charge is 0.334 e. The number of hydrogen-bond acceptors (Lipinski definition) is 4. The molecule has 92 valence electrons. The maximum atomic E-state index is 12.1. The number of morpholine rings is 1. The summed E-state index contributed by atoms with van der Waals surface area (Å²) in [4.78, 5) is 25.0. The highest BCUT2D eigenvalue weighted by molar-refractivity contribution is 9.10. The lowest BCUT2D eigenvalue weighted by Crippen LogP contribution is -2.48. The Morgan fingerprint density at radius 2 is 2.35 bits per heavy atom. The molecule has 1 saturated heterocycles. The fourth-order valence-electron chi connectivity index (χ4n) is 1.57. The van der Waals surface area contributed by atoms with Crippen molar-refractivity contribution < 1.29 is 19.4 Å². The first-order valence-electron chi connectivity index (χ1n) is 4.96. The first-order chi connectivity index (χ1) is 8.09. The maximum absolute atomic E-state index is 12.1. The first kappa shape index (κ1) is 12.5. The zero-order valence-corrected chi connectivity index (χ0v) is 11.2. The molecule has 5 nitrogen and oxygen atoms in total. The summed E-state index contributed by atoms with van der Waals surface area (Å²) in [5.74, 6) is -1.19. The zero-order valence-electron chi connectivity index (χ0n) is 8.76. The molecule has 0 saturated carbocycles. The third-order valence-electron chi connectivity index (χ3n) is 2.44. The molecule has 1 aromatic heterocycles. The average Bonchev–Trinajstić information content (AvgIpc) is 2.74. The van der Waals surface area contributed by atoms with Crippen LogP contribution in [0.3, 0.4) is 0 Å². The second-order valence-corrected chi connectivity index (χ2v) is 5.32. The van der Waals surface area contributed by atoms with Gasteiger partial charge < -0.3 is 14.7 Å². The van der Waals surface area contributed by atoms with E-state index >= 15 is 0 Å². The molecule has 1 fully saturated rings. The Morgan fingerprint density at radius 1 is 1.59 bits per heavy atom. The summed E-state index contributed by atoms with van der Waals surface area (Å²) >= 11 is 4.63. The summed E-state index contributed by atoms with van der Waals surface area (Å²) in [5, 5.41) is 10.7. The Labute approximate surface area is 110 Å². The van der Waals surface area contributed by atoms with Crippen molar-refractivity contribution in [3.63, 3.8) is 0 Å². The van der Waals surface area contributed by atoms with Crippen molar-refractivity contribution in [1.82, 2.24) is 4.90 Å². The largest absolute Gasteiger partial charge is 0.479 e. The number of thiophene rings is 1. The van der Waals surface area contributed by atoms with Crippen LogP contribution in [0.5, 0.6) is 0 Å². The molecule has 1 aromatic rings. The van der Waals surface area contributed by atoms with Crippen molar-refractivity contribution in [1.29, 1.82) is 0 Å². The van der Waals surface area contributed by atoms with Crippen LogP contribution in [-0.4, -0.2) is 47.7 Å². The first-order valence-corrected chi connectivity index (χ1v) is 6.63. The molecule has 2 heterocycles. The van der Waals surface area contributed by atoms with E-state index in [0.717, 1.165) is 4.47 Å². The molecule has 0 radical (unpaired) electrons. The van der Waals surface area contributed by atoms with Crippen molar-refractivity contribution in [3.8, 4) is 0 Å². The predicted molar refractivity (Wildman–Crippen MR) is 65.3 cm³/mol. The highest BCUT2D eigenvalue weighted by atomic mass is 79.9. The number of halogens is 1. The minimum atomic E-state index is -1.03. The molecule has 0 aromatic carbocycles. The number of ether oxygens (including phenoxy) is 1. The highest BCUT2D eigenvalue weighted by Crippen LogP contribution is 2.24. The van der Waals surface area contributed by atoms with Gasteiger partial charge in [0.15, 0.2) is 6.10 Å². The Morgan fingerprint density at radius 3 is 2.94 bits per heavy atom. The Balaban J connectivity index is 2.10. The van der Waals surface area contributed by atoms with Crippen molar-refractivity contribution in [2.75, 3.05) is 19.7 Å². The highest BCUT2D eigenvalue weighted by Gasteiger charge is 2.30. The molecule has 1 amide bonds. The minimum Gasteiger partial charge on any atom is -0.479 e. The lowest BCUT2D eigenvalue weighted by Gasteiger charge is -2.30. The number of carboxylic acids is 1. The molecule has 1 atom stereocenters. The summed E-state index contributed by atoms with van der Waals surface area (Å²) in [7, 11) is 0. The second kappa shape index (κ2) is 5.16. The summed E-state index contributed by atoms with van der Waals surface area (Å²) in [6, 6.07) is 1.80. The summed E-state index contributed by atoms with van der Waals surface area (Å²) < 4.78 is 5.81. The Hall–Kier alpha value is -0.920. The molecule has 1 unspecified atom stereocenters. The van der Waals surface area contributed by atoms with E-state index in [-0.39, 0.29) is 19.1 Å². The lowest BCUT2D eigenvalue weighted by molar-refractivity contribution is -0.154. The van der Waals surface area contributed by atoms with Gasteiger partial charge in [-0.25, -0.2) is 4.79 Å². The molecule has 0 aliphatic carbocycles. The number of carbonyl (C=O) groups is 2. The fraction of sp³-hybridized carbons (Fsp3) is 0.400. The van der Waals surface area contributed by atoms with Gasteiger partial charge in [0.05, 0.1) is 13.2 Å². The topological polar surface area (TPSA) is 66.8 Å². The van der Waals surface area contributed by atoms with Crippen LogP contribution >= 0.6 is 27.3 Å². The van der Waals surface area contributed by atoms with E-state index in [9.17, 15) is 9.59 Å². The van der Waals surface area contributed by atoms with Crippen LogP contribution in [0.15, 0.2) is 15.9 Å². The van der Waals surface area contributed by atoms with E-state index in [4.69, 9.17) is 9.84 Å². The number of nitrogens with zero attached hydrogens (tertiary/aromatic N) is 1. The number of carbonyl (C=O) groups excluding carboxylic acids is 1. The van der Waals surface area contributed by atoms with E-state index in [2.05, 4.69) is 15.9 Å². The molecule has 1 N–H and O–H groups in total. The zero-order chi connectivity index (χ0) is 12.4. The minimum absolute atomic E-state index is 0.0957. The molecule has 1 aliphatic heterocycles. The normalized spacial score (nSPS) is 20.3. The van der Waals surface area contributed by atoms with Crippen LogP contribution < -0.4 is 0 Å². The van der Waals surface area contributed by atoms with E-state index in [1.165, 1.54) is 16.2 Å². The van der Waals surface area contributed by atoms with Crippen LogP contribution in [-0.2, 0) is 9.53 Å². The van der Waals surface area contributed by atoms with Crippen molar-refractivity contribution in [2.24, 2.45) is 0 Å². The van der Waals surface area contributed by atoms with Crippen LogP contribution in [0, 0.1) is 0 Å². The van der Waals surface area contributed by atoms with Crippen LogP contribution in [0.4, 0.5) is 0 Å². The molecule has 2 rings (SSSR count). The van der Waals surface area contributed by atoms with Gasteiger partial charge in [-0.15, -0.1) is 11.3 Å². The van der Waals surface area contributed by atoms with Gasteiger partial charge in [0.1, 0.15) is 4.88 Å². The maximum Gasteiger partial charge on any atom is 0.334 e. The molecule has 17 heavy (non-hydrogen) atoms. The molecular formula is C10H10BrNO4S. The van der Waals surface area contributed by atoms with Gasteiger partial charge in [-0.2, -0.15) is 0 Å². The van der Waals surface area contributed by atoms with Gasteiger partial charge in [-0.05, 0) is 27.4 Å². The quantitative estimate of drug-likeness (QED) is 0.895. The number of amides is 1. The predicted octanol–water partition coefficient (Wildman–Crippen LogP) is 1.44. The summed E-state index contributed by atoms with van der Waals surface area (Å²) in [6.07, 6.45) is -0.925. The van der Waals surface area contributed by atoms with Crippen molar-refractivity contribution in [2.45, 2.75) is 6.10 Å². The Kier molecular flexibility index (Phi) is 3.80. The third kappa shape index (κ3) is 2.67. The van der Waals surface area contributed by atoms with Gasteiger partial charge in [0.25, 0.3) is 5.91 Å². The second-order valence-electron chi connectivity index (χ2n) is 3.55. The van der Waals surface area contributed by atoms with E-state index in [0.29, 0.717) is 11.4 Å². The molecule has 0 spiro atoms. The van der Waals surface area contributed by atoms with Gasteiger partial charge in [-0.3, -0.25) is 4.79 Å². The van der Waals surface area contributed by atoms with Crippen molar-refractivity contribution in [3.05, 3.63) is 20.8 Å². The van der Waals surface area contributed by atoms with E-state index in [1.807, 2.05) is 5.38 Å². The van der Waals surface area contributed by atoms with Gasteiger partial charge in [0.2, 0.25) is 0 Å². The molecular weight excluding hydrogens is 310 g/mol. The van der Waals surface area contributed by atoms with Gasteiger partial charge in [-0.1, -0.05) is 0 Å². The SMILES string of the molecule is O=C(O)C1CN(C(=O)c2sccc2Br)CCO1. The standard InChI is InChI=1S/C10H10BrNO4S/c11-6-1-4-17-8(6)9(13)12-2-3-16-7(5-12)10(14)15/h1,4,7H,2-3,5H2,(H,14,15). The molecule has 1 aliphatic rings. The Bertz CT molecular complexity index is 447. The average molecular weight is 320 g/mol. The molecule has 7 heteroatoms. The van der Waals surface area contributed by atoms with Crippen LogP contribution in [0.25, 0.3) is 0 Å². The van der Waals surface area contributed by atoms with E-state index in [1.54, 1.807) is 6.07 Å². The number of rotatable bonds is 2. The van der Waals surface area contributed by atoms with Crippen molar-refractivity contribution >= 4 is 39.1 Å². The van der Waals surface area contributed by atoms with Gasteiger partial charge >= 0.3 is 5.97 Å². The summed E-state index contributed by atoms with van der Waals surface area (Å²) in [5.41, 5.74) is 0. The number of aliphatic carboxylic acids is 1. The monoisotopic (exact) mass is 319 g/mol. The van der Waals surface area contributed by atoms with Gasteiger partial charge in [0, 0.05) is 11.0 Å². The number of hydrogen-bond donors (Lipinski definition) is 1. The molecule has 0 bridgehead atoms. The lowest BCUT2D eigenvalue weighted by atomic mass is 10.2. The van der Waals surface area contributed by atoms with E-state index < -0.39 is 12.1 Å². The van der Waals surface area contributed by atoms with Crippen LogP contribution in [0.1, 0.15) is 9.67 Å². The third-order valence-corrected chi connectivity index (χ3v) is 4.27. The summed E-state index contributed by atoms with van der Waals surface area (Å²) in [6.45, 7) is 0.775. The number of carboxylic acid groups (broad SMARTS) is 1. The van der Waals surface area contributed by atoms with Crippen LogP contribution in [0.2, 0.25) is 0 Å². The fourth-order valence-corrected chi connectivity index (χ4v) is 3.08.